The van der Waals surface area contributed by atoms with Gasteiger partial charge in [-0.15, -0.1) is 0 Å². The van der Waals surface area contributed by atoms with Crippen molar-refractivity contribution in [2.24, 2.45) is 0 Å². The maximum absolute atomic E-state index is 13.2. The second-order valence-electron chi connectivity index (χ2n) is 9.57. The molecule has 2 aliphatic rings. The lowest BCUT2D eigenvalue weighted by Gasteiger charge is -2.41. The van der Waals surface area contributed by atoms with Gasteiger partial charge in [0.15, 0.2) is 14.1 Å². The van der Waals surface area contributed by atoms with E-state index in [4.69, 9.17) is 13.9 Å². The van der Waals surface area contributed by atoms with Crippen LogP contribution in [-0.2, 0) is 23.5 Å². The first kappa shape index (κ1) is 21.9. The van der Waals surface area contributed by atoms with Crippen molar-refractivity contribution in [3.05, 3.63) is 22.5 Å². The highest BCUT2D eigenvalue weighted by Crippen LogP contribution is 2.41. The third-order valence-corrected chi connectivity index (χ3v) is 10.4. The molecular formula is C21H34O5Si. The van der Waals surface area contributed by atoms with Gasteiger partial charge < -0.3 is 13.9 Å². The fraction of sp³-hybridized carbons (Fsp3) is 0.714. The predicted octanol–water partition coefficient (Wildman–Crippen LogP) is 5.03. The van der Waals surface area contributed by atoms with Gasteiger partial charge in [-0.05, 0) is 56.8 Å². The first-order chi connectivity index (χ1) is 12.2. The Morgan fingerprint density at radius 1 is 1.19 bits per heavy atom. The van der Waals surface area contributed by atoms with Crippen LogP contribution in [0, 0.1) is 0 Å². The minimum Gasteiger partial charge on any atom is -0.456 e. The molecule has 0 bridgehead atoms. The molecule has 1 heterocycles. The van der Waals surface area contributed by atoms with Crippen LogP contribution in [0.15, 0.2) is 22.5 Å². The Hall–Kier alpha value is -1.40. The molecular weight excluding hydrogens is 360 g/mol. The summed E-state index contributed by atoms with van der Waals surface area (Å²) >= 11 is 0. The molecule has 1 aliphatic carbocycles. The van der Waals surface area contributed by atoms with Gasteiger partial charge in [0.1, 0.15) is 11.3 Å². The zero-order chi connectivity index (χ0) is 20.8. The second kappa shape index (κ2) is 7.21. The van der Waals surface area contributed by atoms with Crippen LogP contribution < -0.4 is 0 Å². The molecule has 0 spiro atoms. The first-order valence-corrected chi connectivity index (χ1v) is 12.6. The number of ketones is 1. The van der Waals surface area contributed by atoms with Crippen LogP contribution in [0.1, 0.15) is 67.7 Å². The van der Waals surface area contributed by atoms with E-state index in [9.17, 15) is 9.59 Å². The molecule has 6 heteroatoms. The molecule has 0 fully saturated rings. The van der Waals surface area contributed by atoms with E-state index in [1.54, 1.807) is 20.8 Å². The number of Topliss-reactive ketones (excluding diaryl/α,β-unsaturated/α-hetero) is 1. The van der Waals surface area contributed by atoms with Crippen LogP contribution >= 0.6 is 0 Å². The first-order valence-electron chi connectivity index (χ1n) is 9.72. The van der Waals surface area contributed by atoms with Crippen LogP contribution in [0.2, 0.25) is 18.1 Å². The normalized spacial score (nSPS) is 23.9. The molecule has 0 saturated heterocycles. The van der Waals surface area contributed by atoms with E-state index in [1.165, 1.54) is 0 Å². The molecule has 0 saturated carbocycles. The summed E-state index contributed by atoms with van der Waals surface area (Å²) in [7, 11) is -1.96. The fourth-order valence-electron chi connectivity index (χ4n) is 3.31. The van der Waals surface area contributed by atoms with Crippen molar-refractivity contribution in [2.75, 3.05) is 0 Å². The van der Waals surface area contributed by atoms with Gasteiger partial charge in [-0.25, -0.2) is 4.79 Å². The van der Waals surface area contributed by atoms with Gasteiger partial charge in [-0.3, -0.25) is 4.79 Å². The third-order valence-electron chi connectivity index (χ3n) is 5.89. The van der Waals surface area contributed by atoms with E-state index in [0.717, 1.165) is 18.4 Å². The number of allylic oxidation sites excluding steroid dienone is 2. The van der Waals surface area contributed by atoms with Crippen molar-refractivity contribution in [1.82, 2.24) is 0 Å². The Bertz CT molecular complexity index is 707. The molecule has 27 heavy (non-hydrogen) atoms. The number of rotatable bonds is 4. The van der Waals surface area contributed by atoms with E-state index in [2.05, 4.69) is 33.9 Å². The molecule has 152 valence electrons. The summed E-state index contributed by atoms with van der Waals surface area (Å²) in [4.78, 5) is 25.6. The minimum absolute atomic E-state index is 0.0108. The van der Waals surface area contributed by atoms with Gasteiger partial charge in [0.25, 0.3) is 0 Å². The van der Waals surface area contributed by atoms with Gasteiger partial charge >= 0.3 is 5.97 Å². The Kier molecular flexibility index (Phi) is 5.84. The van der Waals surface area contributed by atoms with Crippen LogP contribution in [0.5, 0.6) is 0 Å². The molecule has 0 N–H and O–H groups in total. The quantitative estimate of drug-likeness (QED) is 0.380. The van der Waals surface area contributed by atoms with Crippen molar-refractivity contribution in [3.63, 3.8) is 0 Å². The molecule has 0 aromatic carbocycles. The van der Waals surface area contributed by atoms with Gasteiger partial charge in [0.05, 0.1) is 6.10 Å². The van der Waals surface area contributed by atoms with E-state index < -0.39 is 20.1 Å². The third kappa shape index (κ3) is 4.54. The molecule has 0 amide bonds. The number of cyclic esters (lactones) is 1. The molecule has 1 aliphatic heterocycles. The molecule has 0 radical (unpaired) electrons. The summed E-state index contributed by atoms with van der Waals surface area (Å²) in [6, 6.07) is 0. The summed E-state index contributed by atoms with van der Waals surface area (Å²) in [5.74, 6) is -1.61. The minimum atomic E-state index is -1.96. The van der Waals surface area contributed by atoms with Crippen molar-refractivity contribution >= 4 is 20.1 Å². The van der Waals surface area contributed by atoms with Crippen molar-refractivity contribution in [1.29, 1.82) is 0 Å². The zero-order valence-electron chi connectivity index (χ0n) is 18.2. The Balaban J connectivity index is 2.34. The lowest BCUT2D eigenvalue weighted by atomic mass is 9.85. The number of esters is 1. The van der Waals surface area contributed by atoms with Gasteiger partial charge in [-0.1, -0.05) is 20.8 Å². The molecule has 5 nitrogen and oxygen atoms in total. The summed E-state index contributed by atoms with van der Waals surface area (Å²) in [6.45, 7) is 18.0. The maximum atomic E-state index is 13.2. The zero-order valence-corrected chi connectivity index (χ0v) is 19.2. The number of carbonyl (C=O) groups excluding carboxylic acids is 2. The van der Waals surface area contributed by atoms with E-state index in [1.807, 2.05) is 6.92 Å². The van der Waals surface area contributed by atoms with Crippen LogP contribution in [0.25, 0.3) is 0 Å². The van der Waals surface area contributed by atoms with E-state index >= 15 is 0 Å². The van der Waals surface area contributed by atoms with Gasteiger partial charge in [-0.2, -0.15) is 0 Å². The fourth-order valence-corrected chi connectivity index (χ4v) is 4.67. The van der Waals surface area contributed by atoms with Crippen molar-refractivity contribution in [2.45, 2.75) is 97.8 Å². The number of ether oxygens (including phenoxy) is 2. The van der Waals surface area contributed by atoms with Gasteiger partial charge in [0, 0.05) is 19.4 Å². The lowest BCUT2D eigenvalue weighted by Crippen LogP contribution is -2.45. The summed E-state index contributed by atoms with van der Waals surface area (Å²) in [6.07, 6.45) is 2.35. The van der Waals surface area contributed by atoms with Crippen molar-refractivity contribution < 1.29 is 23.5 Å². The summed E-state index contributed by atoms with van der Waals surface area (Å²) < 4.78 is 17.5. The largest absolute Gasteiger partial charge is 0.456 e. The highest BCUT2D eigenvalue weighted by atomic mass is 28.4. The van der Waals surface area contributed by atoms with E-state index in [-0.39, 0.29) is 22.5 Å². The molecule has 1 atom stereocenters. The topological polar surface area (TPSA) is 61.8 Å². The summed E-state index contributed by atoms with van der Waals surface area (Å²) in [5, 5.41) is 0.0978. The highest BCUT2D eigenvalue weighted by Gasteiger charge is 2.42. The molecule has 2 rings (SSSR count). The molecule has 0 aromatic heterocycles. The number of hydrogen-bond donors (Lipinski definition) is 0. The highest BCUT2D eigenvalue weighted by molar-refractivity contribution is 6.74. The summed E-state index contributed by atoms with van der Waals surface area (Å²) in [5.41, 5.74) is 1.62. The predicted molar refractivity (Wildman–Crippen MR) is 108 cm³/mol. The smallest absolute Gasteiger partial charge is 0.348 e. The van der Waals surface area contributed by atoms with Crippen molar-refractivity contribution in [3.8, 4) is 0 Å². The van der Waals surface area contributed by atoms with Crippen LogP contribution in [-0.4, -0.2) is 32.0 Å². The monoisotopic (exact) mass is 394 g/mol. The lowest BCUT2D eigenvalue weighted by molar-refractivity contribution is -0.207. The Labute approximate surface area is 164 Å². The average Bonchev–Trinajstić information content (AvgIpc) is 2.45. The number of hydrogen-bond acceptors (Lipinski definition) is 5. The average molecular weight is 395 g/mol. The molecule has 0 aromatic rings. The SMILES string of the molecule is CC1=C(C(=O)C2=C(C)C(O[Si](C)(C)C(C)(C)C)CCC2)C(=O)OC(C)(C)O1. The van der Waals surface area contributed by atoms with Crippen LogP contribution in [0.3, 0.4) is 0 Å². The number of carbonyl (C=O) groups is 2. The second-order valence-corrected chi connectivity index (χ2v) is 14.3. The van der Waals surface area contributed by atoms with Crippen LogP contribution in [0.4, 0.5) is 0 Å². The Morgan fingerprint density at radius 3 is 2.30 bits per heavy atom. The van der Waals surface area contributed by atoms with Gasteiger partial charge in [0.2, 0.25) is 5.79 Å². The standard InChI is InChI=1S/C21H34O5Si/c1-13-15(11-10-12-16(13)26-27(8,9)20(3,4)5)18(22)17-14(2)24-21(6,7)25-19(17)23/h16H,10-12H2,1-9H3. The maximum Gasteiger partial charge on any atom is 0.348 e. The Morgan fingerprint density at radius 2 is 1.78 bits per heavy atom. The molecule has 1 unspecified atom stereocenters. The van der Waals surface area contributed by atoms with E-state index in [0.29, 0.717) is 17.8 Å².